The lowest BCUT2D eigenvalue weighted by molar-refractivity contribution is -0.385. The minimum Gasteiger partial charge on any atom is -0.450 e. The number of hydrogen-bond acceptors (Lipinski definition) is 3. The van der Waals surface area contributed by atoms with Crippen LogP contribution in [-0.2, 0) is 0 Å². The first kappa shape index (κ1) is 13.6. The van der Waals surface area contributed by atoms with Crippen molar-refractivity contribution in [2.24, 2.45) is 0 Å². The summed E-state index contributed by atoms with van der Waals surface area (Å²) in [7, 11) is 0. The molecular formula is C16H10BrNO3. The van der Waals surface area contributed by atoms with E-state index >= 15 is 0 Å². The Kier molecular flexibility index (Phi) is 3.58. The molecule has 4 nitrogen and oxygen atoms in total. The van der Waals surface area contributed by atoms with E-state index in [0.717, 1.165) is 10.8 Å². The predicted molar refractivity (Wildman–Crippen MR) is 84.8 cm³/mol. The van der Waals surface area contributed by atoms with E-state index in [1.165, 1.54) is 6.07 Å². The number of fused-ring (bicyclic) bond motifs is 1. The molecule has 0 N–H and O–H groups in total. The summed E-state index contributed by atoms with van der Waals surface area (Å²) in [5, 5.41) is 13.2. The summed E-state index contributed by atoms with van der Waals surface area (Å²) < 4.78 is 6.31. The van der Waals surface area contributed by atoms with E-state index in [0.29, 0.717) is 10.2 Å². The zero-order valence-corrected chi connectivity index (χ0v) is 12.4. The van der Waals surface area contributed by atoms with E-state index in [4.69, 9.17) is 4.74 Å². The van der Waals surface area contributed by atoms with Gasteiger partial charge >= 0.3 is 5.69 Å². The Balaban J connectivity index is 2.00. The fourth-order valence-electron chi connectivity index (χ4n) is 2.08. The number of hydrogen-bond donors (Lipinski definition) is 0. The van der Waals surface area contributed by atoms with Crippen LogP contribution in [-0.4, -0.2) is 4.92 Å². The van der Waals surface area contributed by atoms with Gasteiger partial charge in [0, 0.05) is 10.5 Å². The highest BCUT2D eigenvalue weighted by molar-refractivity contribution is 9.10. The molecule has 3 aromatic rings. The maximum atomic E-state index is 11.1. The summed E-state index contributed by atoms with van der Waals surface area (Å²) >= 11 is 3.22. The smallest absolute Gasteiger partial charge is 0.312 e. The van der Waals surface area contributed by atoms with Crippen LogP contribution < -0.4 is 4.74 Å². The summed E-state index contributed by atoms with van der Waals surface area (Å²) in [6.45, 7) is 0. The minimum absolute atomic E-state index is 0.0717. The molecule has 0 heterocycles. The predicted octanol–water partition coefficient (Wildman–Crippen LogP) is 5.30. The summed E-state index contributed by atoms with van der Waals surface area (Å²) in [6, 6.07) is 18.2. The van der Waals surface area contributed by atoms with Crippen LogP contribution in [0.15, 0.2) is 65.1 Å². The van der Waals surface area contributed by atoms with E-state index < -0.39 is 4.92 Å². The number of nitro groups is 1. The second kappa shape index (κ2) is 5.54. The summed E-state index contributed by atoms with van der Waals surface area (Å²) in [6.07, 6.45) is 0. The Hall–Kier alpha value is -2.40. The molecule has 0 fully saturated rings. The van der Waals surface area contributed by atoms with Crippen LogP contribution in [0.5, 0.6) is 11.5 Å². The van der Waals surface area contributed by atoms with Crippen molar-refractivity contribution in [1.29, 1.82) is 0 Å². The minimum atomic E-state index is -0.457. The van der Waals surface area contributed by atoms with Crippen molar-refractivity contribution in [1.82, 2.24) is 0 Å². The molecule has 5 heteroatoms. The second-order valence-electron chi connectivity index (χ2n) is 4.48. The molecule has 0 unspecified atom stereocenters. The zero-order valence-electron chi connectivity index (χ0n) is 10.8. The largest absolute Gasteiger partial charge is 0.450 e. The molecule has 0 saturated carbocycles. The van der Waals surface area contributed by atoms with Crippen LogP contribution in [0.2, 0.25) is 0 Å². The number of nitro benzene ring substituents is 1. The average molecular weight is 344 g/mol. The summed E-state index contributed by atoms with van der Waals surface area (Å²) in [5.74, 6) is 0.789. The van der Waals surface area contributed by atoms with Crippen LogP contribution in [0, 0.1) is 10.1 Å². The van der Waals surface area contributed by atoms with Gasteiger partial charge in [-0.25, -0.2) is 0 Å². The van der Waals surface area contributed by atoms with Crippen molar-refractivity contribution in [3.8, 4) is 11.5 Å². The Labute approximate surface area is 129 Å². The van der Waals surface area contributed by atoms with Crippen molar-refractivity contribution in [3.63, 3.8) is 0 Å². The highest BCUT2D eigenvalue weighted by Gasteiger charge is 2.16. The van der Waals surface area contributed by atoms with Gasteiger partial charge in [0.05, 0.1) is 4.92 Å². The molecule has 0 aliphatic rings. The number of halogens is 1. The molecule has 0 spiro atoms. The van der Waals surface area contributed by atoms with Crippen LogP contribution in [0.25, 0.3) is 10.8 Å². The molecule has 0 bridgehead atoms. The SMILES string of the molecule is O=[N+]([O-])c1cc(Br)ccc1Oc1ccc2ccccc2c1. The molecule has 104 valence electrons. The van der Waals surface area contributed by atoms with Crippen LogP contribution in [0.4, 0.5) is 5.69 Å². The molecule has 0 aliphatic carbocycles. The molecule has 0 atom stereocenters. The van der Waals surface area contributed by atoms with Gasteiger partial charge < -0.3 is 4.74 Å². The maximum Gasteiger partial charge on any atom is 0.312 e. The molecule has 21 heavy (non-hydrogen) atoms. The van der Waals surface area contributed by atoms with E-state index in [2.05, 4.69) is 15.9 Å². The van der Waals surface area contributed by atoms with Gasteiger partial charge in [0.15, 0.2) is 0 Å². The van der Waals surface area contributed by atoms with Gasteiger partial charge in [-0.15, -0.1) is 0 Å². The van der Waals surface area contributed by atoms with Gasteiger partial charge in [0.2, 0.25) is 5.75 Å². The third-order valence-electron chi connectivity index (χ3n) is 3.07. The molecule has 3 aromatic carbocycles. The van der Waals surface area contributed by atoms with Gasteiger partial charge in [0.25, 0.3) is 0 Å². The molecular weight excluding hydrogens is 334 g/mol. The Morgan fingerprint density at radius 3 is 2.48 bits per heavy atom. The summed E-state index contributed by atoms with van der Waals surface area (Å²) in [5.41, 5.74) is -0.0717. The van der Waals surface area contributed by atoms with E-state index in [9.17, 15) is 10.1 Å². The van der Waals surface area contributed by atoms with Crippen LogP contribution in [0.1, 0.15) is 0 Å². The molecule has 0 aliphatic heterocycles. The Morgan fingerprint density at radius 1 is 0.952 bits per heavy atom. The van der Waals surface area contributed by atoms with Crippen LogP contribution >= 0.6 is 15.9 Å². The monoisotopic (exact) mass is 343 g/mol. The first-order valence-corrected chi connectivity index (χ1v) is 7.03. The van der Waals surface area contributed by atoms with E-state index in [1.54, 1.807) is 18.2 Å². The second-order valence-corrected chi connectivity index (χ2v) is 5.40. The Morgan fingerprint density at radius 2 is 1.71 bits per heavy atom. The third-order valence-corrected chi connectivity index (χ3v) is 3.56. The maximum absolute atomic E-state index is 11.1. The average Bonchev–Trinajstić information content (AvgIpc) is 2.49. The van der Waals surface area contributed by atoms with Gasteiger partial charge in [-0.3, -0.25) is 10.1 Å². The van der Waals surface area contributed by atoms with Crippen molar-refractivity contribution < 1.29 is 9.66 Å². The lowest BCUT2D eigenvalue weighted by atomic mass is 10.1. The van der Waals surface area contributed by atoms with Crippen LogP contribution in [0.3, 0.4) is 0 Å². The van der Waals surface area contributed by atoms with E-state index in [1.807, 2.05) is 36.4 Å². The molecule has 0 amide bonds. The number of ether oxygens (including phenoxy) is 1. The van der Waals surface area contributed by atoms with Crippen molar-refractivity contribution >= 4 is 32.4 Å². The number of rotatable bonds is 3. The topological polar surface area (TPSA) is 52.4 Å². The number of nitrogens with zero attached hydrogens (tertiary/aromatic N) is 1. The fourth-order valence-corrected chi connectivity index (χ4v) is 2.43. The van der Waals surface area contributed by atoms with Crippen molar-refractivity contribution in [3.05, 3.63) is 75.3 Å². The fraction of sp³-hybridized carbons (Fsp3) is 0. The molecule has 3 rings (SSSR count). The van der Waals surface area contributed by atoms with Gasteiger partial charge in [-0.1, -0.05) is 46.3 Å². The quantitative estimate of drug-likeness (QED) is 0.478. The summed E-state index contributed by atoms with van der Waals surface area (Å²) in [4.78, 5) is 10.6. The number of benzene rings is 3. The third kappa shape index (κ3) is 2.87. The van der Waals surface area contributed by atoms with Gasteiger partial charge in [-0.2, -0.15) is 0 Å². The van der Waals surface area contributed by atoms with Gasteiger partial charge in [-0.05, 0) is 35.0 Å². The molecule has 0 aromatic heterocycles. The lowest BCUT2D eigenvalue weighted by Gasteiger charge is -2.07. The lowest BCUT2D eigenvalue weighted by Crippen LogP contribution is -1.93. The van der Waals surface area contributed by atoms with E-state index in [-0.39, 0.29) is 11.4 Å². The first-order chi connectivity index (χ1) is 10.1. The first-order valence-electron chi connectivity index (χ1n) is 6.24. The van der Waals surface area contributed by atoms with Gasteiger partial charge in [0.1, 0.15) is 5.75 Å². The Bertz CT molecular complexity index is 833. The van der Waals surface area contributed by atoms with Crippen molar-refractivity contribution in [2.75, 3.05) is 0 Å². The van der Waals surface area contributed by atoms with Crippen molar-refractivity contribution in [2.45, 2.75) is 0 Å². The molecule has 0 saturated heterocycles. The zero-order chi connectivity index (χ0) is 14.8. The normalized spacial score (nSPS) is 10.5. The highest BCUT2D eigenvalue weighted by Crippen LogP contribution is 2.34. The highest BCUT2D eigenvalue weighted by atomic mass is 79.9. The standard InChI is InChI=1S/C16H10BrNO3/c17-13-6-8-16(15(10-13)18(19)20)21-14-7-5-11-3-1-2-4-12(11)9-14/h1-10H. The molecule has 0 radical (unpaired) electrons.